The number of nitrogens with zero attached hydrogens (tertiary/aromatic N) is 1. The SMILES string of the molecule is CC1OCCC1CC(=O)NCc1ncc(-c2ccccc2)s1. The maximum atomic E-state index is 12.0. The Morgan fingerprint density at radius 2 is 2.23 bits per heavy atom. The Balaban J connectivity index is 1.51. The van der Waals surface area contributed by atoms with Gasteiger partial charge in [0, 0.05) is 19.2 Å². The van der Waals surface area contributed by atoms with Gasteiger partial charge in [-0.05, 0) is 24.8 Å². The summed E-state index contributed by atoms with van der Waals surface area (Å²) in [5.41, 5.74) is 1.16. The summed E-state index contributed by atoms with van der Waals surface area (Å²) in [7, 11) is 0. The van der Waals surface area contributed by atoms with Crippen molar-refractivity contribution in [3.63, 3.8) is 0 Å². The highest BCUT2D eigenvalue weighted by molar-refractivity contribution is 7.15. The van der Waals surface area contributed by atoms with Crippen molar-refractivity contribution in [2.45, 2.75) is 32.4 Å². The number of carbonyl (C=O) groups excluding carboxylic acids is 1. The van der Waals surface area contributed by atoms with Crippen molar-refractivity contribution in [3.05, 3.63) is 41.5 Å². The highest BCUT2D eigenvalue weighted by Crippen LogP contribution is 2.26. The van der Waals surface area contributed by atoms with E-state index in [1.807, 2.05) is 31.3 Å². The summed E-state index contributed by atoms with van der Waals surface area (Å²) in [6.45, 7) is 3.31. The van der Waals surface area contributed by atoms with Gasteiger partial charge in [-0.2, -0.15) is 0 Å². The number of amides is 1. The van der Waals surface area contributed by atoms with Crippen molar-refractivity contribution in [1.82, 2.24) is 10.3 Å². The number of carbonyl (C=O) groups is 1. The van der Waals surface area contributed by atoms with Crippen LogP contribution in [0.25, 0.3) is 10.4 Å². The van der Waals surface area contributed by atoms with Gasteiger partial charge in [-0.15, -0.1) is 11.3 Å². The fourth-order valence-corrected chi connectivity index (χ4v) is 3.52. The average molecular weight is 316 g/mol. The van der Waals surface area contributed by atoms with Crippen molar-refractivity contribution in [1.29, 1.82) is 0 Å². The topological polar surface area (TPSA) is 51.2 Å². The monoisotopic (exact) mass is 316 g/mol. The molecule has 1 aromatic heterocycles. The standard InChI is InChI=1S/C17H20N2O2S/c1-12-14(7-8-21-12)9-16(20)18-11-17-19-10-15(22-17)13-5-3-2-4-6-13/h2-6,10,12,14H,7-9,11H2,1H3,(H,18,20). The molecule has 1 amide bonds. The summed E-state index contributed by atoms with van der Waals surface area (Å²) >= 11 is 1.62. The van der Waals surface area contributed by atoms with Crippen LogP contribution in [0.3, 0.4) is 0 Å². The van der Waals surface area contributed by atoms with Crippen LogP contribution in [0.4, 0.5) is 0 Å². The molecule has 2 unspecified atom stereocenters. The Morgan fingerprint density at radius 3 is 2.95 bits per heavy atom. The number of aromatic nitrogens is 1. The number of rotatable bonds is 5. The zero-order chi connectivity index (χ0) is 15.4. The molecule has 0 aliphatic carbocycles. The van der Waals surface area contributed by atoms with Gasteiger partial charge in [0.1, 0.15) is 5.01 Å². The van der Waals surface area contributed by atoms with E-state index >= 15 is 0 Å². The molecule has 0 bridgehead atoms. The van der Waals surface area contributed by atoms with Gasteiger partial charge < -0.3 is 10.1 Å². The molecule has 4 nitrogen and oxygen atoms in total. The first-order chi connectivity index (χ1) is 10.7. The predicted octanol–water partition coefficient (Wildman–Crippen LogP) is 3.24. The van der Waals surface area contributed by atoms with E-state index in [1.165, 1.54) is 0 Å². The Bertz CT molecular complexity index is 627. The van der Waals surface area contributed by atoms with Crippen molar-refractivity contribution < 1.29 is 9.53 Å². The van der Waals surface area contributed by atoms with E-state index in [9.17, 15) is 4.79 Å². The molecule has 0 radical (unpaired) electrons. The fraction of sp³-hybridized carbons (Fsp3) is 0.412. The van der Waals surface area contributed by atoms with Gasteiger partial charge in [-0.25, -0.2) is 4.98 Å². The largest absolute Gasteiger partial charge is 0.378 e. The van der Waals surface area contributed by atoms with Crippen LogP contribution >= 0.6 is 11.3 Å². The number of thiazole rings is 1. The van der Waals surface area contributed by atoms with Gasteiger partial charge in [-0.1, -0.05) is 30.3 Å². The maximum Gasteiger partial charge on any atom is 0.220 e. The normalized spacial score (nSPS) is 21.0. The first kappa shape index (κ1) is 15.2. The van der Waals surface area contributed by atoms with Gasteiger partial charge >= 0.3 is 0 Å². The lowest BCUT2D eigenvalue weighted by Gasteiger charge is -2.13. The number of ether oxygens (including phenoxy) is 1. The van der Waals surface area contributed by atoms with E-state index in [0.717, 1.165) is 28.5 Å². The van der Waals surface area contributed by atoms with E-state index < -0.39 is 0 Å². The minimum atomic E-state index is 0.0822. The third-order valence-corrected chi connectivity index (χ3v) is 5.08. The van der Waals surface area contributed by atoms with Gasteiger partial charge in [0.2, 0.25) is 5.91 Å². The van der Waals surface area contributed by atoms with Crippen LogP contribution in [0.5, 0.6) is 0 Å². The molecule has 2 heterocycles. The van der Waals surface area contributed by atoms with Crippen molar-refractivity contribution in [3.8, 4) is 10.4 Å². The molecule has 116 valence electrons. The quantitative estimate of drug-likeness (QED) is 0.921. The molecule has 1 aromatic carbocycles. The van der Waals surface area contributed by atoms with Crippen LogP contribution < -0.4 is 5.32 Å². The predicted molar refractivity (Wildman–Crippen MR) is 87.5 cm³/mol. The number of hydrogen-bond acceptors (Lipinski definition) is 4. The molecule has 1 aliphatic heterocycles. The summed E-state index contributed by atoms with van der Waals surface area (Å²) in [6, 6.07) is 10.2. The second-order valence-corrected chi connectivity index (χ2v) is 6.70. The smallest absolute Gasteiger partial charge is 0.220 e. The number of benzene rings is 1. The maximum absolute atomic E-state index is 12.0. The second-order valence-electron chi connectivity index (χ2n) is 5.59. The van der Waals surface area contributed by atoms with Crippen molar-refractivity contribution >= 4 is 17.2 Å². The number of nitrogens with one attached hydrogen (secondary N) is 1. The molecule has 2 atom stereocenters. The van der Waals surface area contributed by atoms with Gasteiger partial charge in [0.25, 0.3) is 0 Å². The number of hydrogen-bond donors (Lipinski definition) is 1. The van der Waals surface area contributed by atoms with Crippen molar-refractivity contribution in [2.24, 2.45) is 5.92 Å². The summed E-state index contributed by atoms with van der Waals surface area (Å²) < 4.78 is 5.49. The van der Waals surface area contributed by atoms with Crippen molar-refractivity contribution in [2.75, 3.05) is 6.61 Å². The lowest BCUT2D eigenvalue weighted by Crippen LogP contribution is -2.27. The van der Waals surface area contributed by atoms with E-state index in [2.05, 4.69) is 22.4 Å². The van der Waals surface area contributed by atoms with E-state index in [1.54, 1.807) is 11.3 Å². The molecule has 2 aromatic rings. The van der Waals surface area contributed by atoms with Crippen LogP contribution in [0.1, 0.15) is 24.8 Å². The van der Waals surface area contributed by atoms with Crippen LogP contribution in [-0.2, 0) is 16.1 Å². The van der Waals surface area contributed by atoms with E-state index in [4.69, 9.17) is 4.74 Å². The van der Waals surface area contributed by atoms with Crippen LogP contribution in [0, 0.1) is 5.92 Å². The molecular weight excluding hydrogens is 296 g/mol. The molecule has 3 rings (SSSR count). The molecule has 1 saturated heterocycles. The summed E-state index contributed by atoms with van der Waals surface area (Å²) in [6.07, 6.45) is 3.58. The zero-order valence-electron chi connectivity index (χ0n) is 12.6. The highest BCUT2D eigenvalue weighted by atomic mass is 32.1. The molecule has 1 N–H and O–H groups in total. The Morgan fingerprint density at radius 1 is 1.41 bits per heavy atom. The summed E-state index contributed by atoms with van der Waals surface area (Å²) in [5.74, 6) is 0.426. The molecule has 1 aliphatic rings. The second kappa shape index (κ2) is 7.03. The molecule has 0 saturated carbocycles. The Hall–Kier alpha value is -1.72. The lowest BCUT2D eigenvalue weighted by atomic mass is 9.98. The highest BCUT2D eigenvalue weighted by Gasteiger charge is 2.26. The fourth-order valence-electron chi connectivity index (χ4n) is 2.66. The molecular formula is C17H20N2O2S. The van der Waals surface area contributed by atoms with E-state index in [0.29, 0.717) is 18.9 Å². The van der Waals surface area contributed by atoms with Crippen LogP contribution in [0.15, 0.2) is 36.5 Å². The third-order valence-electron chi connectivity index (χ3n) is 4.03. The van der Waals surface area contributed by atoms with Gasteiger partial charge in [-0.3, -0.25) is 4.79 Å². The van der Waals surface area contributed by atoms with Crippen LogP contribution in [-0.4, -0.2) is 23.6 Å². The molecule has 0 spiro atoms. The minimum absolute atomic E-state index is 0.0822. The molecule has 5 heteroatoms. The summed E-state index contributed by atoms with van der Waals surface area (Å²) in [5, 5.41) is 3.90. The first-order valence-electron chi connectivity index (χ1n) is 7.61. The average Bonchev–Trinajstić information content (AvgIpc) is 3.16. The van der Waals surface area contributed by atoms with E-state index in [-0.39, 0.29) is 12.0 Å². The lowest BCUT2D eigenvalue weighted by molar-refractivity contribution is -0.122. The molecule has 22 heavy (non-hydrogen) atoms. The minimum Gasteiger partial charge on any atom is -0.378 e. The molecule has 1 fully saturated rings. The van der Waals surface area contributed by atoms with Crippen LogP contribution in [0.2, 0.25) is 0 Å². The third kappa shape index (κ3) is 3.72. The van der Waals surface area contributed by atoms with Gasteiger partial charge in [0.15, 0.2) is 0 Å². The summed E-state index contributed by atoms with van der Waals surface area (Å²) in [4.78, 5) is 17.5. The Labute approximate surface area is 134 Å². The zero-order valence-corrected chi connectivity index (χ0v) is 13.4. The Kier molecular flexibility index (Phi) is 4.85. The van der Waals surface area contributed by atoms with Gasteiger partial charge in [0.05, 0.1) is 17.5 Å². The first-order valence-corrected chi connectivity index (χ1v) is 8.42.